The second kappa shape index (κ2) is 3.57. The number of anilines is 1. The highest BCUT2D eigenvalue weighted by Gasteiger charge is 2.35. The zero-order chi connectivity index (χ0) is 11.0. The summed E-state index contributed by atoms with van der Waals surface area (Å²) in [6.45, 7) is 4.04. The van der Waals surface area contributed by atoms with Gasteiger partial charge in [-0.25, -0.2) is 4.79 Å². The lowest BCUT2D eigenvalue weighted by Crippen LogP contribution is -2.29. The first-order valence-corrected chi connectivity index (χ1v) is 5.23. The zero-order valence-corrected chi connectivity index (χ0v) is 8.95. The summed E-state index contributed by atoms with van der Waals surface area (Å²) in [5.41, 5.74) is 3.27. The van der Waals surface area contributed by atoms with Gasteiger partial charge in [0.05, 0.1) is 0 Å². The van der Waals surface area contributed by atoms with Gasteiger partial charge in [0.2, 0.25) is 0 Å². The van der Waals surface area contributed by atoms with Crippen molar-refractivity contribution in [1.29, 1.82) is 0 Å². The summed E-state index contributed by atoms with van der Waals surface area (Å²) in [4.78, 5) is 11.1. The fourth-order valence-electron chi connectivity index (χ4n) is 2.26. The quantitative estimate of drug-likeness (QED) is 0.779. The van der Waals surface area contributed by atoms with Crippen LogP contribution in [0.2, 0.25) is 0 Å². The van der Waals surface area contributed by atoms with Gasteiger partial charge in [0.25, 0.3) is 0 Å². The summed E-state index contributed by atoms with van der Waals surface area (Å²) < 4.78 is 0. The largest absolute Gasteiger partial charge is 0.480 e. The average molecular weight is 205 g/mol. The number of hydrogen-bond acceptors (Lipinski definition) is 2. The third kappa shape index (κ3) is 1.58. The first-order chi connectivity index (χ1) is 7.13. The first-order valence-electron chi connectivity index (χ1n) is 5.23. The molecule has 0 aromatic heterocycles. The molecule has 2 rings (SSSR count). The molecule has 0 bridgehead atoms. The van der Waals surface area contributed by atoms with Gasteiger partial charge in [-0.15, -0.1) is 0 Å². The van der Waals surface area contributed by atoms with Gasteiger partial charge in [-0.1, -0.05) is 19.1 Å². The van der Waals surface area contributed by atoms with Crippen molar-refractivity contribution in [3.63, 3.8) is 0 Å². The van der Waals surface area contributed by atoms with Crippen molar-refractivity contribution in [2.45, 2.75) is 32.2 Å². The van der Waals surface area contributed by atoms with E-state index in [-0.39, 0.29) is 5.92 Å². The van der Waals surface area contributed by atoms with E-state index < -0.39 is 12.0 Å². The molecule has 80 valence electrons. The van der Waals surface area contributed by atoms with Crippen LogP contribution in [0.3, 0.4) is 0 Å². The summed E-state index contributed by atoms with van der Waals surface area (Å²) in [6, 6.07) is 5.62. The number of carboxylic acid groups (broad SMARTS) is 1. The molecule has 1 heterocycles. The molecule has 0 spiro atoms. The van der Waals surface area contributed by atoms with Gasteiger partial charge in [-0.3, -0.25) is 0 Å². The fourth-order valence-corrected chi connectivity index (χ4v) is 2.26. The molecule has 15 heavy (non-hydrogen) atoms. The van der Waals surface area contributed by atoms with Gasteiger partial charge in [0, 0.05) is 11.6 Å². The lowest BCUT2D eigenvalue weighted by molar-refractivity contribution is -0.138. The van der Waals surface area contributed by atoms with E-state index in [1.165, 1.54) is 0 Å². The number of carboxylic acids is 1. The van der Waals surface area contributed by atoms with Crippen LogP contribution < -0.4 is 5.32 Å². The molecule has 0 saturated heterocycles. The molecule has 0 fully saturated rings. The predicted molar refractivity (Wildman–Crippen MR) is 59.3 cm³/mol. The van der Waals surface area contributed by atoms with E-state index in [0.717, 1.165) is 23.2 Å². The van der Waals surface area contributed by atoms with Gasteiger partial charge in [0.1, 0.15) is 6.04 Å². The van der Waals surface area contributed by atoms with Gasteiger partial charge in [-0.05, 0) is 30.5 Å². The van der Waals surface area contributed by atoms with Crippen LogP contribution in [0.25, 0.3) is 0 Å². The van der Waals surface area contributed by atoms with E-state index in [0.29, 0.717) is 0 Å². The summed E-state index contributed by atoms with van der Waals surface area (Å²) in [5.74, 6) is -0.672. The fraction of sp³-hybridized carbons (Fsp3) is 0.417. The van der Waals surface area contributed by atoms with Gasteiger partial charge >= 0.3 is 5.97 Å². The summed E-state index contributed by atoms with van der Waals surface area (Å²) in [7, 11) is 0. The minimum atomic E-state index is -0.768. The Labute approximate surface area is 89.1 Å². The lowest BCUT2D eigenvalue weighted by Gasteiger charge is -2.13. The Hall–Kier alpha value is -1.51. The zero-order valence-electron chi connectivity index (χ0n) is 8.95. The first kappa shape index (κ1) is 10.0. The molecule has 1 aromatic rings. The number of hydrogen-bond donors (Lipinski definition) is 2. The molecule has 2 unspecified atom stereocenters. The van der Waals surface area contributed by atoms with E-state index in [9.17, 15) is 4.79 Å². The SMILES string of the molecule is CCC1c2ccc(C)cc2NC1C(=O)O. The third-order valence-corrected chi connectivity index (χ3v) is 3.03. The van der Waals surface area contributed by atoms with E-state index >= 15 is 0 Å². The Morgan fingerprint density at radius 3 is 2.87 bits per heavy atom. The van der Waals surface area contributed by atoms with Crippen molar-refractivity contribution in [3.8, 4) is 0 Å². The Morgan fingerprint density at radius 2 is 2.27 bits per heavy atom. The maximum absolute atomic E-state index is 11.1. The van der Waals surface area contributed by atoms with Crippen LogP contribution in [0.1, 0.15) is 30.4 Å². The maximum atomic E-state index is 11.1. The molecule has 0 radical (unpaired) electrons. The van der Waals surface area contributed by atoms with E-state index in [4.69, 9.17) is 5.11 Å². The highest BCUT2D eigenvalue weighted by molar-refractivity contribution is 5.83. The number of fused-ring (bicyclic) bond motifs is 1. The van der Waals surface area contributed by atoms with Crippen LogP contribution in [0.15, 0.2) is 18.2 Å². The molecule has 3 heteroatoms. The molecule has 1 aliphatic heterocycles. The molecule has 3 nitrogen and oxygen atoms in total. The molecule has 0 saturated carbocycles. The van der Waals surface area contributed by atoms with Crippen molar-refractivity contribution >= 4 is 11.7 Å². The molecule has 0 amide bonds. The standard InChI is InChI=1S/C12H15NO2/c1-3-8-9-5-4-7(2)6-10(9)13-11(8)12(14)15/h4-6,8,11,13H,3H2,1-2H3,(H,14,15). The number of carbonyl (C=O) groups is 1. The number of aryl methyl sites for hydroxylation is 1. The molecule has 1 aromatic carbocycles. The second-order valence-corrected chi connectivity index (χ2v) is 4.07. The smallest absolute Gasteiger partial charge is 0.326 e. The second-order valence-electron chi connectivity index (χ2n) is 4.07. The van der Waals surface area contributed by atoms with Crippen molar-refractivity contribution < 1.29 is 9.90 Å². The van der Waals surface area contributed by atoms with Crippen molar-refractivity contribution in [1.82, 2.24) is 0 Å². The lowest BCUT2D eigenvalue weighted by atomic mass is 9.92. The summed E-state index contributed by atoms with van der Waals surface area (Å²) in [6.07, 6.45) is 0.847. The molecule has 1 aliphatic rings. The third-order valence-electron chi connectivity index (χ3n) is 3.03. The molecule has 2 N–H and O–H groups in total. The number of benzene rings is 1. The van der Waals surface area contributed by atoms with E-state index in [1.54, 1.807) is 0 Å². The maximum Gasteiger partial charge on any atom is 0.326 e. The predicted octanol–water partition coefficient (Wildman–Crippen LogP) is 2.37. The van der Waals surface area contributed by atoms with Crippen LogP contribution in [0.4, 0.5) is 5.69 Å². The molecule has 2 atom stereocenters. The van der Waals surface area contributed by atoms with Crippen LogP contribution in [-0.4, -0.2) is 17.1 Å². The molecule has 0 aliphatic carbocycles. The minimum absolute atomic E-state index is 0.0955. The average Bonchev–Trinajstić information content (AvgIpc) is 2.55. The van der Waals surface area contributed by atoms with Crippen LogP contribution in [0.5, 0.6) is 0 Å². The molecular formula is C12H15NO2. The van der Waals surface area contributed by atoms with Gasteiger partial charge in [-0.2, -0.15) is 0 Å². The van der Waals surface area contributed by atoms with Crippen molar-refractivity contribution in [2.75, 3.05) is 5.32 Å². The normalized spacial score (nSPS) is 23.3. The summed E-state index contributed by atoms with van der Waals surface area (Å²) >= 11 is 0. The monoisotopic (exact) mass is 205 g/mol. The molecular weight excluding hydrogens is 190 g/mol. The number of rotatable bonds is 2. The number of aliphatic carboxylic acids is 1. The highest BCUT2D eigenvalue weighted by Crippen LogP contribution is 2.38. The Kier molecular flexibility index (Phi) is 2.39. The van der Waals surface area contributed by atoms with Crippen molar-refractivity contribution in [3.05, 3.63) is 29.3 Å². The van der Waals surface area contributed by atoms with Crippen LogP contribution in [0, 0.1) is 6.92 Å². The van der Waals surface area contributed by atoms with Gasteiger partial charge < -0.3 is 10.4 Å². The van der Waals surface area contributed by atoms with Crippen LogP contribution >= 0.6 is 0 Å². The van der Waals surface area contributed by atoms with Crippen molar-refractivity contribution in [2.24, 2.45) is 0 Å². The Balaban J connectivity index is 2.41. The van der Waals surface area contributed by atoms with E-state index in [2.05, 4.69) is 5.32 Å². The van der Waals surface area contributed by atoms with Crippen LogP contribution in [-0.2, 0) is 4.79 Å². The van der Waals surface area contributed by atoms with E-state index in [1.807, 2.05) is 32.0 Å². The van der Waals surface area contributed by atoms with Gasteiger partial charge in [0.15, 0.2) is 0 Å². The minimum Gasteiger partial charge on any atom is -0.480 e. The highest BCUT2D eigenvalue weighted by atomic mass is 16.4. The topological polar surface area (TPSA) is 49.3 Å². The Bertz CT molecular complexity index is 401. The Morgan fingerprint density at radius 1 is 1.53 bits per heavy atom. The summed E-state index contributed by atoms with van der Waals surface area (Å²) in [5, 5.41) is 12.2. The number of nitrogens with one attached hydrogen (secondary N) is 1.